The maximum Gasteiger partial charge on any atom is 0.435 e. The van der Waals surface area contributed by atoms with Crippen LogP contribution in [0.25, 0.3) is 16.7 Å². The van der Waals surface area contributed by atoms with Crippen LogP contribution in [0.1, 0.15) is 17.8 Å². The Morgan fingerprint density at radius 1 is 1.23 bits per heavy atom. The first kappa shape index (κ1) is 19.5. The van der Waals surface area contributed by atoms with Crippen LogP contribution >= 0.6 is 11.6 Å². The van der Waals surface area contributed by atoms with E-state index in [1.165, 1.54) is 18.3 Å². The fraction of sp³-hybridized carbons (Fsp3) is 0.278. The predicted octanol–water partition coefficient (Wildman–Crippen LogP) is 3.91. The Labute approximate surface area is 177 Å². The van der Waals surface area contributed by atoms with Gasteiger partial charge in [0.2, 0.25) is 5.95 Å². The molecule has 5 heterocycles. The Balaban J connectivity index is 1.65. The highest BCUT2D eigenvalue weighted by atomic mass is 35.5. The van der Waals surface area contributed by atoms with E-state index in [1.807, 2.05) is 0 Å². The van der Waals surface area contributed by atoms with Gasteiger partial charge in [-0.15, -0.1) is 5.10 Å². The number of aryl methyl sites for hydroxylation is 1. The average Bonchev–Trinajstić information content (AvgIpc) is 3.21. The van der Waals surface area contributed by atoms with Gasteiger partial charge in [0.15, 0.2) is 16.5 Å². The topological polar surface area (TPSA) is 95.6 Å². The molecule has 31 heavy (non-hydrogen) atoms. The van der Waals surface area contributed by atoms with E-state index >= 15 is 0 Å². The molecule has 4 aromatic heterocycles. The first-order valence-corrected chi connectivity index (χ1v) is 9.62. The third kappa shape index (κ3) is 3.32. The quantitative estimate of drug-likeness (QED) is 0.469. The molecule has 1 aliphatic rings. The maximum absolute atomic E-state index is 13.5. The summed E-state index contributed by atoms with van der Waals surface area (Å²) in [4.78, 5) is 12.2. The van der Waals surface area contributed by atoms with E-state index in [9.17, 15) is 13.2 Å². The number of hydrogen-bond acceptors (Lipinski definition) is 7. The molecule has 1 aliphatic heterocycles. The number of aromatic nitrogens is 7. The Kier molecular flexibility index (Phi) is 4.46. The predicted molar refractivity (Wildman–Crippen MR) is 105 cm³/mol. The van der Waals surface area contributed by atoms with Crippen LogP contribution in [0.15, 0.2) is 24.5 Å². The number of rotatable bonds is 1. The molecular formula is C18H14ClF3N8O. The van der Waals surface area contributed by atoms with E-state index in [4.69, 9.17) is 16.3 Å². The highest BCUT2D eigenvalue weighted by molar-refractivity contribution is 6.34. The van der Waals surface area contributed by atoms with Gasteiger partial charge in [-0.05, 0) is 19.1 Å². The van der Waals surface area contributed by atoms with Crippen molar-refractivity contribution in [1.82, 2.24) is 34.5 Å². The van der Waals surface area contributed by atoms with Gasteiger partial charge in [0.1, 0.15) is 5.69 Å². The molecule has 13 heteroatoms. The van der Waals surface area contributed by atoms with Crippen molar-refractivity contribution in [2.45, 2.75) is 26.1 Å². The molecule has 0 saturated carbocycles. The average molecular weight is 451 g/mol. The molecule has 2 bridgehead atoms. The lowest BCUT2D eigenvalue weighted by molar-refractivity contribution is -0.141. The first-order chi connectivity index (χ1) is 14.8. The summed E-state index contributed by atoms with van der Waals surface area (Å²) in [6.45, 7) is 2.36. The van der Waals surface area contributed by atoms with Gasteiger partial charge in [-0.3, -0.25) is 0 Å². The summed E-state index contributed by atoms with van der Waals surface area (Å²) in [5, 5.41) is 12.4. The lowest BCUT2D eigenvalue weighted by Crippen LogP contribution is -2.14. The van der Waals surface area contributed by atoms with Crippen molar-refractivity contribution in [2.24, 2.45) is 0 Å². The number of nitrogens with one attached hydrogen (secondary N) is 1. The van der Waals surface area contributed by atoms with Gasteiger partial charge in [-0.25, -0.2) is 19.3 Å². The van der Waals surface area contributed by atoms with E-state index in [0.29, 0.717) is 40.5 Å². The largest absolute Gasteiger partial charge is 0.475 e. The zero-order chi connectivity index (χ0) is 21.8. The number of ether oxygens (including phenoxy) is 1. The summed E-state index contributed by atoms with van der Waals surface area (Å²) in [6, 6.07) is 2.72. The monoisotopic (exact) mass is 450 g/mol. The SMILES string of the molecule is Cc1c2c(nn1-c1cccnc1C(F)(F)F)OCCCn1nc(Cl)c3cnc(nc31)N2. The van der Waals surface area contributed by atoms with Crippen LogP contribution in [0.3, 0.4) is 0 Å². The van der Waals surface area contributed by atoms with Gasteiger partial charge >= 0.3 is 6.18 Å². The van der Waals surface area contributed by atoms with Crippen LogP contribution in [-0.2, 0) is 12.7 Å². The fourth-order valence-electron chi connectivity index (χ4n) is 3.38. The van der Waals surface area contributed by atoms with Crippen LogP contribution in [0.5, 0.6) is 5.88 Å². The van der Waals surface area contributed by atoms with Gasteiger partial charge < -0.3 is 10.1 Å². The lowest BCUT2D eigenvalue weighted by Gasteiger charge is -2.12. The van der Waals surface area contributed by atoms with Crippen molar-refractivity contribution >= 4 is 34.3 Å². The molecule has 0 amide bonds. The van der Waals surface area contributed by atoms with Crippen molar-refractivity contribution in [2.75, 3.05) is 11.9 Å². The standard InChI is InChI=1S/C18H14ClF3N8O/c1-9-12-16(28-30(9)11-4-2-5-23-13(11)18(20,21)22)31-7-3-6-29-15-10(14(19)27-29)8-24-17(25-12)26-15/h2,4-5,8H,3,6-7H2,1H3,(H,24,25,26). The van der Waals surface area contributed by atoms with E-state index < -0.39 is 11.9 Å². The molecule has 9 nitrogen and oxygen atoms in total. The first-order valence-electron chi connectivity index (χ1n) is 9.24. The summed E-state index contributed by atoms with van der Waals surface area (Å²) in [6.07, 6.45) is -1.46. The third-order valence-corrected chi connectivity index (χ3v) is 5.08. The zero-order valence-corrected chi connectivity index (χ0v) is 16.7. The minimum absolute atomic E-state index is 0.135. The molecule has 0 radical (unpaired) electrons. The van der Waals surface area contributed by atoms with Crippen LogP contribution in [0.2, 0.25) is 5.15 Å². The van der Waals surface area contributed by atoms with Gasteiger partial charge in [0, 0.05) is 25.4 Å². The summed E-state index contributed by atoms with van der Waals surface area (Å²) >= 11 is 6.15. The third-order valence-electron chi connectivity index (χ3n) is 4.80. The summed E-state index contributed by atoms with van der Waals surface area (Å²) in [5.41, 5.74) is 0.0238. The van der Waals surface area contributed by atoms with Crippen molar-refractivity contribution < 1.29 is 17.9 Å². The molecule has 160 valence electrons. The van der Waals surface area contributed by atoms with Crippen LogP contribution in [-0.4, -0.2) is 41.1 Å². The normalized spacial score (nSPS) is 14.1. The second-order valence-electron chi connectivity index (χ2n) is 6.82. The van der Waals surface area contributed by atoms with Crippen LogP contribution < -0.4 is 10.1 Å². The summed E-state index contributed by atoms with van der Waals surface area (Å²) < 4.78 is 49.1. The zero-order valence-electron chi connectivity index (χ0n) is 16.0. The molecule has 4 aromatic rings. The molecule has 0 saturated heterocycles. The molecule has 0 aliphatic carbocycles. The van der Waals surface area contributed by atoms with Crippen molar-refractivity contribution in [3.8, 4) is 11.6 Å². The van der Waals surface area contributed by atoms with Crippen LogP contribution in [0.4, 0.5) is 24.8 Å². The van der Waals surface area contributed by atoms with Crippen LogP contribution in [0, 0.1) is 6.92 Å². The highest BCUT2D eigenvalue weighted by Gasteiger charge is 2.37. The number of alkyl halides is 3. The van der Waals surface area contributed by atoms with Gasteiger partial charge in [0.05, 0.1) is 23.4 Å². The minimum atomic E-state index is -4.64. The van der Waals surface area contributed by atoms with Gasteiger partial charge in [-0.2, -0.15) is 23.3 Å². The van der Waals surface area contributed by atoms with E-state index in [0.717, 1.165) is 10.9 Å². The number of pyridine rings is 1. The maximum atomic E-state index is 13.5. The fourth-order valence-corrected chi connectivity index (χ4v) is 3.60. The second-order valence-corrected chi connectivity index (χ2v) is 7.18. The smallest absolute Gasteiger partial charge is 0.435 e. The van der Waals surface area contributed by atoms with E-state index in [2.05, 4.69) is 30.5 Å². The van der Waals surface area contributed by atoms with Crippen molar-refractivity contribution in [3.63, 3.8) is 0 Å². The Morgan fingerprint density at radius 2 is 2.06 bits per heavy atom. The number of fused-ring (bicyclic) bond motifs is 2. The molecule has 0 fully saturated rings. The minimum Gasteiger partial charge on any atom is -0.475 e. The molecule has 0 spiro atoms. The summed E-state index contributed by atoms with van der Waals surface area (Å²) in [7, 11) is 0. The molecular weight excluding hydrogens is 437 g/mol. The lowest BCUT2D eigenvalue weighted by atomic mass is 10.2. The van der Waals surface area contributed by atoms with E-state index in [-0.39, 0.29) is 24.1 Å². The molecule has 5 rings (SSSR count). The Bertz CT molecular complexity index is 1300. The highest BCUT2D eigenvalue weighted by Crippen LogP contribution is 2.37. The number of halogens is 4. The number of anilines is 2. The van der Waals surface area contributed by atoms with Gasteiger partial charge in [-0.1, -0.05) is 11.6 Å². The summed E-state index contributed by atoms with van der Waals surface area (Å²) in [5.74, 6) is 0.345. The molecule has 0 aromatic carbocycles. The van der Waals surface area contributed by atoms with Crippen molar-refractivity contribution in [3.05, 3.63) is 41.1 Å². The second kappa shape index (κ2) is 7.08. The molecule has 1 N–H and O–H groups in total. The van der Waals surface area contributed by atoms with E-state index in [1.54, 1.807) is 11.6 Å². The molecule has 0 unspecified atom stereocenters. The van der Waals surface area contributed by atoms with Crippen molar-refractivity contribution in [1.29, 1.82) is 0 Å². The Hall–Kier alpha value is -3.41. The van der Waals surface area contributed by atoms with Gasteiger partial charge in [0.25, 0.3) is 5.88 Å². The number of nitrogens with zero attached hydrogens (tertiary/aromatic N) is 7. The Morgan fingerprint density at radius 3 is 2.87 bits per heavy atom. The number of hydrogen-bond donors (Lipinski definition) is 1. The molecule has 0 atom stereocenters.